The number of hydrogen-bond acceptors (Lipinski definition) is 5. The second-order valence-corrected chi connectivity index (χ2v) is 6.26. The summed E-state index contributed by atoms with van der Waals surface area (Å²) in [6.45, 7) is 3.17. The average Bonchev–Trinajstić information content (AvgIpc) is 3.10. The van der Waals surface area contributed by atoms with Crippen molar-refractivity contribution in [1.29, 1.82) is 0 Å². The van der Waals surface area contributed by atoms with Crippen LogP contribution < -0.4 is 0 Å². The van der Waals surface area contributed by atoms with Crippen LogP contribution in [0.15, 0.2) is 41.0 Å². The number of methoxy groups -OCH3 is 1. The number of furan rings is 1. The van der Waals surface area contributed by atoms with Gasteiger partial charge in [-0.3, -0.25) is 9.69 Å². The summed E-state index contributed by atoms with van der Waals surface area (Å²) in [6, 6.07) is 8.53. The third-order valence-electron chi connectivity index (χ3n) is 4.27. The predicted octanol–water partition coefficient (Wildman–Crippen LogP) is 2.68. The van der Waals surface area contributed by atoms with Gasteiger partial charge in [-0.25, -0.2) is 4.79 Å². The van der Waals surface area contributed by atoms with Gasteiger partial charge in [0.2, 0.25) is 0 Å². The Bertz CT molecular complexity index is 749. The molecule has 3 rings (SSSR count). The number of piperazine rings is 1. The summed E-state index contributed by atoms with van der Waals surface area (Å²) in [5.74, 6) is 0.189. The molecule has 1 aromatic heterocycles. The fourth-order valence-electron chi connectivity index (χ4n) is 2.84. The number of nitrogens with zero attached hydrogens (tertiary/aromatic N) is 2. The topological polar surface area (TPSA) is 63.0 Å². The van der Waals surface area contributed by atoms with Crippen LogP contribution in [0.5, 0.6) is 0 Å². The Morgan fingerprint density at radius 3 is 2.44 bits per heavy atom. The molecule has 2 aromatic rings. The van der Waals surface area contributed by atoms with Gasteiger partial charge in [0, 0.05) is 36.8 Å². The molecule has 6 nitrogen and oxygen atoms in total. The van der Waals surface area contributed by atoms with Crippen molar-refractivity contribution in [1.82, 2.24) is 9.80 Å². The third kappa shape index (κ3) is 4.03. The van der Waals surface area contributed by atoms with Crippen molar-refractivity contribution < 1.29 is 18.7 Å². The summed E-state index contributed by atoms with van der Waals surface area (Å²) in [5, 5.41) is 0.612. The molecule has 0 N–H and O–H groups in total. The minimum Gasteiger partial charge on any atom is -0.467 e. The molecule has 1 aromatic carbocycles. The van der Waals surface area contributed by atoms with E-state index in [1.807, 2.05) is 4.90 Å². The second kappa shape index (κ2) is 7.72. The third-order valence-corrected chi connectivity index (χ3v) is 4.52. The van der Waals surface area contributed by atoms with Gasteiger partial charge in [0.15, 0.2) is 0 Å². The molecule has 0 unspecified atom stereocenters. The molecule has 0 atom stereocenters. The van der Waals surface area contributed by atoms with E-state index in [-0.39, 0.29) is 5.91 Å². The number of esters is 1. The molecule has 0 aliphatic carbocycles. The maximum Gasteiger partial charge on any atom is 0.341 e. The maximum absolute atomic E-state index is 12.5. The minimum atomic E-state index is -0.402. The molecule has 1 fully saturated rings. The zero-order valence-electron chi connectivity index (χ0n) is 13.9. The Kier molecular flexibility index (Phi) is 5.40. The van der Waals surface area contributed by atoms with E-state index in [9.17, 15) is 9.59 Å². The van der Waals surface area contributed by atoms with Gasteiger partial charge in [-0.1, -0.05) is 11.6 Å². The lowest BCUT2D eigenvalue weighted by atomic mass is 10.1. The van der Waals surface area contributed by atoms with Crippen molar-refractivity contribution in [3.05, 3.63) is 58.5 Å². The number of amides is 1. The van der Waals surface area contributed by atoms with Gasteiger partial charge in [-0.05, 0) is 30.3 Å². The Labute approximate surface area is 150 Å². The Morgan fingerprint density at radius 2 is 1.80 bits per heavy atom. The van der Waals surface area contributed by atoms with E-state index in [4.69, 9.17) is 20.8 Å². The number of rotatable bonds is 4. The van der Waals surface area contributed by atoms with E-state index in [1.165, 1.54) is 13.4 Å². The summed E-state index contributed by atoms with van der Waals surface area (Å²) in [6.07, 6.45) is 1.49. The van der Waals surface area contributed by atoms with Gasteiger partial charge in [0.1, 0.15) is 11.3 Å². The lowest BCUT2D eigenvalue weighted by molar-refractivity contribution is 0.0590. The first-order valence-electron chi connectivity index (χ1n) is 8.00. The molecular formula is C18H19ClN2O4. The molecule has 0 bridgehead atoms. The second-order valence-electron chi connectivity index (χ2n) is 5.82. The highest BCUT2D eigenvalue weighted by Crippen LogP contribution is 2.17. The standard InChI is InChI=1S/C18H19ClN2O4/c1-24-18(23)15-6-11-25-16(15)12-20-7-9-21(10-8-20)17(22)13-2-4-14(19)5-3-13/h2-6,11H,7-10,12H2,1H3. The van der Waals surface area contributed by atoms with Crippen LogP contribution in [-0.2, 0) is 11.3 Å². The van der Waals surface area contributed by atoms with Crippen molar-refractivity contribution in [3.8, 4) is 0 Å². The van der Waals surface area contributed by atoms with E-state index in [0.29, 0.717) is 54.6 Å². The van der Waals surface area contributed by atoms with E-state index in [0.717, 1.165) is 0 Å². The van der Waals surface area contributed by atoms with Crippen LogP contribution in [0.2, 0.25) is 5.02 Å². The zero-order chi connectivity index (χ0) is 17.8. The van der Waals surface area contributed by atoms with Crippen LogP contribution in [-0.4, -0.2) is 55.0 Å². The molecular weight excluding hydrogens is 344 g/mol. The number of carbonyl (C=O) groups is 2. The monoisotopic (exact) mass is 362 g/mol. The SMILES string of the molecule is COC(=O)c1ccoc1CN1CCN(C(=O)c2ccc(Cl)cc2)CC1. The van der Waals surface area contributed by atoms with Crippen LogP contribution in [0.25, 0.3) is 0 Å². The number of halogens is 1. The molecule has 132 valence electrons. The molecule has 0 radical (unpaired) electrons. The van der Waals surface area contributed by atoms with E-state index < -0.39 is 5.97 Å². The van der Waals surface area contributed by atoms with Gasteiger partial charge >= 0.3 is 5.97 Å². The lowest BCUT2D eigenvalue weighted by Gasteiger charge is -2.34. The first-order valence-corrected chi connectivity index (χ1v) is 8.38. The average molecular weight is 363 g/mol. The summed E-state index contributed by atoms with van der Waals surface area (Å²) >= 11 is 5.86. The summed E-state index contributed by atoms with van der Waals surface area (Å²) in [7, 11) is 1.35. The predicted molar refractivity (Wildman–Crippen MR) is 92.7 cm³/mol. The summed E-state index contributed by atoms with van der Waals surface area (Å²) < 4.78 is 10.2. The van der Waals surface area contributed by atoms with Crippen LogP contribution >= 0.6 is 11.6 Å². The molecule has 1 aliphatic rings. The summed E-state index contributed by atoms with van der Waals surface area (Å²) in [4.78, 5) is 28.2. The van der Waals surface area contributed by atoms with Crippen molar-refractivity contribution in [2.75, 3.05) is 33.3 Å². The van der Waals surface area contributed by atoms with E-state index >= 15 is 0 Å². The van der Waals surface area contributed by atoms with Gasteiger partial charge < -0.3 is 14.1 Å². The quantitative estimate of drug-likeness (QED) is 0.782. The van der Waals surface area contributed by atoms with Gasteiger partial charge in [0.25, 0.3) is 5.91 Å². The summed E-state index contributed by atoms with van der Waals surface area (Å²) in [5.41, 5.74) is 1.08. The zero-order valence-corrected chi connectivity index (χ0v) is 14.7. The van der Waals surface area contributed by atoms with Crippen molar-refractivity contribution in [2.45, 2.75) is 6.54 Å². The molecule has 1 saturated heterocycles. The normalized spacial score (nSPS) is 15.2. The lowest BCUT2D eigenvalue weighted by Crippen LogP contribution is -2.48. The number of benzene rings is 1. The van der Waals surface area contributed by atoms with E-state index in [1.54, 1.807) is 30.3 Å². The number of carbonyl (C=O) groups excluding carboxylic acids is 2. The Hall–Kier alpha value is -2.31. The van der Waals surface area contributed by atoms with Gasteiger partial charge in [0.05, 0.1) is 19.9 Å². The van der Waals surface area contributed by atoms with Crippen molar-refractivity contribution in [2.24, 2.45) is 0 Å². The smallest absolute Gasteiger partial charge is 0.341 e. The van der Waals surface area contributed by atoms with Gasteiger partial charge in [-0.2, -0.15) is 0 Å². The first kappa shape index (κ1) is 17.5. The molecule has 2 heterocycles. The number of ether oxygens (including phenoxy) is 1. The van der Waals surface area contributed by atoms with Crippen molar-refractivity contribution in [3.63, 3.8) is 0 Å². The molecule has 1 aliphatic heterocycles. The highest BCUT2D eigenvalue weighted by atomic mass is 35.5. The molecule has 7 heteroatoms. The van der Waals surface area contributed by atoms with Crippen LogP contribution in [0, 0.1) is 0 Å². The fourth-order valence-corrected chi connectivity index (χ4v) is 2.97. The molecule has 0 spiro atoms. The van der Waals surface area contributed by atoms with E-state index in [2.05, 4.69) is 4.90 Å². The molecule has 0 saturated carbocycles. The van der Waals surface area contributed by atoms with Gasteiger partial charge in [-0.15, -0.1) is 0 Å². The maximum atomic E-state index is 12.5. The van der Waals surface area contributed by atoms with Crippen LogP contribution in [0.1, 0.15) is 26.5 Å². The fraction of sp³-hybridized carbons (Fsp3) is 0.333. The molecule has 25 heavy (non-hydrogen) atoms. The minimum absolute atomic E-state index is 0.00423. The Balaban J connectivity index is 1.57. The molecule has 1 amide bonds. The van der Waals surface area contributed by atoms with Crippen molar-refractivity contribution >= 4 is 23.5 Å². The van der Waals surface area contributed by atoms with Crippen LogP contribution in [0.3, 0.4) is 0 Å². The largest absolute Gasteiger partial charge is 0.467 e. The highest BCUT2D eigenvalue weighted by molar-refractivity contribution is 6.30. The first-order chi connectivity index (χ1) is 12.1. The van der Waals surface area contributed by atoms with Crippen LogP contribution in [0.4, 0.5) is 0 Å². The number of hydrogen-bond donors (Lipinski definition) is 0. The Morgan fingerprint density at radius 1 is 1.12 bits per heavy atom. The highest BCUT2D eigenvalue weighted by Gasteiger charge is 2.24.